The van der Waals surface area contributed by atoms with Crippen LogP contribution in [0, 0.1) is 5.82 Å². The molecule has 2 aromatic rings. The van der Waals surface area contributed by atoms with E-state index >= 15 is 0 Å². The van der Waals surface area contributed by atoms with Crippen molar-refractivity contribution in [1.82, 2.24) is 4.90 Å². The number of halogens is 1. The highest BCUT2D eigenvalue weighted by atomic mass is 19.1. The number of methoxy groups -OCH3 is 1. The highest BCUT2D eigenvalue weighted by Crippen LogP contribution is 2.47. The Labute approximate surface area is 158 Å². The molecule has 0 saturated carbocycles. The van der Waals surface area contributed by atoms with Crippen LogP contribution >= 0.6 is 0 Å². The lowest BCUT2D eigenvalue weighted by molar-refractivity contribution is 0.196. The number of nitrogens with one attached hydrogen (secondary N) is 1. The Morgan fingerprint density at radius 1 is 1.15 bits per heavy atom. The second-order valence-corrected chi connectivity index (χ2v) is 7.49. The van der Waals surface area contributed by atoms with Crippen molar-refractivity contribution >= 4 is 17.4 Å². The Bertz CT molecular complexity index is 845. The van der Waals surface area contributed by atoms with Gasteiger partial charge in [-0.2, -0.15) is 0 Å². The summed E-state index contributed by atoms with van der Waals surface area (Å²) >= 11 is 0. The molecule has 1 saturated heterocycles. The first-order valence-corrected chi connectivity index (χ1v) is 9.22. The van der Waals surface area contributed by atoms with Gasteiger partial charge in [-0.3, -0.25) is 4.90 Å². The zero-order chi connectivity index (χ0) is 19.0. The lowest BCUT2D eigenvalue weighted by Crippen LogP contribution is -2.45. The first-order chi connectivity index (χ1) is 13.0. The lowest BCUT2D eigenvalue weighted by Gasteiger charge is -2.38. The topological polar surface area (TPSA) is 44.8 Å². The van der Waals surface area contributed by atoms with Crippen molar-refractivity contribution in [1.29, 1.82) is 0 Å². The monoisotopic (exact) mass is 369 g/mol. The van der Waals surface area contributed by atoms with Crippen LogP contribution in [-0.2, 0) is 5.41 Å². The fourth-order valence-corrected chi connectivity index (χ4v) is 4.16. The minimum atomic E-state index is -0.246. The lowest BCUT2D eigenvalue weighted by atomic mass is 9.74. The number of likely N-dealkylation sites (tertiary alicyclic amines) is 1. The molecule has 0 unspecified atom stereocenters. The highest BCUT2D eigenvalue weighted by Gasteiger charge is 2.46. The van der Waals surface area contributed by atoms with Crippen LogP contribution in [0.25, 0.3) is 0 Å². The van der Waals surface area contributed by atoms with Crippen molar-refractivity contribution in [2.24, 2.45) is 0 Å². The maximum absolute atomic E-state index is 14.0. The van der Waals surface area contributed by atoms with Crippen LogP contribution in [0.5, 0.6) is 5.75 Å². The number of hydrogen-bond acceptors (Lipinski definition) is 3. The molecule has 2 heterocycles. The predicted molar refractivity (Wildman–Crippen MR) is 104 cm³/mol. The summed E-state index contributed by atoms with van der Waals surface area (Å²) < 4.78 is 19.1. The quantitative estimate of drug-likeness (QED) is 0.875. The molecular formula is C21H24FN3O2. The number of carbonyl (C=O) groups excluding carboxylic acids is 1. The average Bonchev–Trinajstić information content (AvgIpc) is 2.99. The van der Waals surface area contributed by atoms with E-state index in [2.05, 4.69) is 17.3 Å². The van der Waals surface area contributed by atoms with Gasteiger partial charge in [0.2, 0.25) is 0 Å². The number of benzene rings is 2. The third-order valence-electron chi connectivity index (χ3n) is 5.81. The smallest absolute Gasteiger partial charge is 0.326 e. The average molecular weight is 369 g/mol. The summed E-state index contributed by atoms with van der Waals surface area (Å²) in [5.41, 5.74) is 2.31. The molecule has 2 aliphatic rings. The molecule has 142 valence electrons. The third-order valence-corrected chi connectivity index (χ3v) is 5.81. The van der Waals surface area contributed by atoms with E-state index in [-0.39, 0.29) is 17.3 Å². The zero-order valence-electron chi connectivity index (χ0n) is 15.7. The largest absolute Gasteiger partial charge is 0.497 e. The predicted octanol–water partition coefficient (Wildman–Crippen LogP) is 3.85. The summed E-state index contributed by atoms with van der Waals surface area (Å²) in [7, 11) is 3.71. The van der Waals surface area contributed by atoms with E-state index in [0.29, 0.717) is 12.2 Å². The summed E-state index contributed by atoms with van der Waals surface area (Å²) in [6, 6.07) is 11.8. The summed E-state index contributed by atoms with van der Waals surface area (Å²) in [6.07, 6.45) is 1.85. The van der Waals surface area contributed by atoms with Gasteiger partial charge in [0.25, 0.3) is 0 Å². The van der Waals surface area contributed by atoms with Crippen LogP contribution in [0.15, 0.2) is 42.5 Å². The van der Waals surface area contributed by atoms with Crippen molar-refractivity contribution < 1.29 is 13.9 Å². The standard InChI is InChI=1S/C21H24FN3O2/c1-24-11-9-21(10-12-24)14-25(19-8-3-15(22)13-18(19)21)20(26)23-16-4-6-17(27-2)7-5-16/h3-8,13H,9-12,14H2,1-2H3,(H,23,26). The fourth-order valence-electron chi connectivity index (χ4n) is 4.16. The first-order valence-electron chi connectivity index (χ1n) is 9.22. The molecule has 0 radical (unpaired) electrons. The van der Waals surface area contributed by atoms with Crippen molar-refractivity contribution in [3.63, 3.8) is 0 Å². The van der Waals surface area contributed by atoms with Crippen LogP contribution in [0.1, 0.15) is 18.4 Å². The van der Waals surface area contributed by atoms with Crippen molar-refractivity contribution in [2.75, 3.05) is 44.0 Å². The summed E-state index contributed by atoms with van der Waals surface area (Å²) in [5.74, 6) is 0.490. The molecule has 6 heteroatoms. The Kier molecular flexibility index (Phi) is 4.52. The molecule has 2 aliphatic heterocycles. The van der Waals surface area contributed by atoms with Crippen LogP contribution in [0.2, 0.25) is 0 Å². The molecule has 0 bridgehead atoms. The minimum absolute atomic E-state index is 0.165. The molecule has 0 atom stereocenters. The fraction of sp³-hybridized carbons (Fsp3) is 0.381. The van der Waals surface area contributed by atoms with Crippen LogP contribution in [0.4, 0.5) is 20.6 Å². The van der Waals surface area contributed by atoms with E-state index in [0.717, 1.165) is 42.9 Å². The van der Waals surface area contributed by atoms with Gasteiger partial charge in [0.1, 0.15) is 11.6 Å². The van der Waals surface area contributed by atoms with Gasteiger partial charge in [-0.1, -0.05) is 0 Å². The third kappa shape index (κ3) is 3.25. The van der Waals surface area contributed by atoms with E-state index in [1.54, 1.807) is 36.3 Å². The van der Waals surface area contributed by atoms with Gasteiger partial charge in [0, 0.05) is 23.3 Å². The Balaban J connectivity index is 1.60. The molecule has 1 fully saturated rings. The second kappa shape index (κ2) is 6.85. The number of urea groups is 1. The number of ether oxygens (including phenoxy) is 1. The van der Waals surface area contributed by atoms with Crippen molar-refractivity contribution in [2.45, 2.75) is 18.3 Å². The van der Waals surface area contributed by atoms with Crippen molar-refractivity contribution in [3.05, 3.63) is 53.8 Å². The molecular weight excluding hydrogens is 345 g/mol. The molecule has 27 heavy (non-hydrogen) atoms. The summed E-state index contributed by atoms with van der Waals surface area (Å²) in [6.45, 7) is 2.48. The van der Waals surface area contributed by atoms with Gasteiger partial charge in [-0.15, -0.1) is 0 Å². The zero-order valence-corrected chi connectivity index (χ0v) is 15.7. The van der Waals surface area contributed by atoms with E-state index < -0.39 is 0 Å². The number of piperidine rings is 1. The van der Waals surface area contributed by atoms with Gasteiger partial charge < -0.3 is 15.0 Å². The Morgan fingerprint density at radius 3 is 2.52 bits per heavy atom. The van der Waals surface area contributed by atoms with Gasteiger partial charge in [0.05, 0.1) is 7.11 Å². The molecule has 4 rings (SSSR count). The van der Waals surface area contributed by atoms with E-state index in [1.165, 1.54) is 6.07 Å². The molecule has 1 N–H and O–H groups in total. The molecule has 0 aromatic heterocycles. The Hall–Kier alpha value is -2.60. The SMILES string of the molecule is COc1ccc(NC(=O)N2CC3(CCN(C)CC3)c3cc(F)ccc32)cc1. The molecule has 1 spiro atoms. The number of fused-ring (bicyclic) bond motifs is 2. The van der Waals surface area contributed by atoms with E-state index in [1.807, 2.05) is 12.1 Å². The maximum atomic E-state index is 14.0. The summed E-state index contributed by atoms with van der Waals surface area (Å²) in [5, 5.41) is 2.95. The Morgan fingerprint density at radius 2 is 1.85 bits per heavy atom. The van der Waals surface area contributed by atoms with Gasteiger partial charge in [-0.25, -0.2) is 9.18 Å². The molecule has 2 aromatic carbocycles. The van der Waals surface area contributed by atoms with Crippen LogP contribution < -0.4 is 15.0 Å². The van der Waals surface area contributed by atoms with E-state index in [4.69, 9.17) is 4.74 Å². The minimum Gasteiger partial charge on any atom is -0.497 e. The number of rotatable bonds is 2. The van der Waals surface area contributed by atoms with Crippen LogP contribution in [-0.4, -0.2) is 44.7 Å². The van der Waals surface area contributed by atoms with E-state index in [9.17, 15) is 9.18 Å². The number of amides is 2. The number of hydrogen-bond donors (Lipinski definition) is 1. The van der Waals surface area contributed by atoms with Crippen molar-refractivity contribution in [3.8, 4) is 5.75 Å². The maximum Gasteiger partial charge on any atom is 0.326 e. The number of nitrogens with zero attached hydrogens (tertiary/aromatic N) is 2. The highest BCUT2D eigenvalue weighted by molar-refractivity contribution is 6.03. The normalized spacial score (nSPS) is 18.4. The molecule has 0 aliphatic carbocycles. The first kappa shape index (κ1) is 17.8. The van der Waals surface area contributed by atoms with Crippen LogP contribution in [0.3, 0.4) is 0 Å². The van der Waals surface area contributed by atoms with Gasteiger partial charge in [-0.05, 0) is 81.0 Å². The number of anilines is 2. The molecule has 2 amide bonds. The van der Waals surface area contributed by atoms with Gasteiger partial charge in [0.15, 0.2) is 0 Å². The number of carbonyl (C=O) groups is 1. The molecule has 5 nitrogen and oxygen atoms in total. The second-order valence-electron chi connectivity index (χ2n) is 7.49. The van der Waals surface area contributed by atoms with Gasteiger partial charge >= 0.3 is 6.03 Å². The summed E-state index contributed by atoms with van der Waals surface area (Å²) in [4.78, 5) is 17.0.